The number of aliphatic hydroxyl groups is 1. The van der Waals surface area contributed by atoms with Gasteiger partial charge in [-0.25, -0.2) is 0 Å². The summed E-state index contributed by atoms with van der Waals surface area (Å²) in [5.41, 5.74) is -2.39. The van der Waals surface area contributed by atoms with E-state index in [0.29, 0.717) is 6.07 Å². The van der Waals surface area contributed by atoms with Gasteiger partial charge in [-0.2, -0.15) is 13.2 Å². The Morgan fingerprint density at radius 3 is 2.37 bits per heavy atom. The van der Waals surface area contributed by atoms with Crippen molar-refractivity contribution in [1.82, 2.24) is 0 Å². The van der Waals surface area contributed by atoms with E-state index in [1.807, 2.05) is 0 Å². The van der Waals surface area contributed by atoms with Gasteiger partial charge >= 0.3 is 6.18 Å². The van der Waals surface area contributed by atoms with E-state index in [1.54, 1.807) is 13.8 Å². The van der Waals surface area contributed by atoms with E-state index in [4.69, 9.17) is 0 Å². The monoisotopic (exact) mass is 278 g/mol. The molecule has 5 nitrogen and oxygen atoms in total. The number of nitro benzene ring substituents is 1. The normalized spacial score (nSPS) is 13.4. The minimum absolute atomic E-state index is 0.0286. The van der Waals surface area contributed by atoms with Crippen molar-refractivity contribution < 1.29 is 23.2 Å². The average molecular weight is 278 g/mol. The van der Waals surface area contributed by atoms with Crippen LogP contribution in [0.15, 0.2) is 18.2 Å². The van der Waals surface area contributed by atoms with Gasteiger partial charge in [-0.3, -0.25) is 10.1 Å². The Bertz CT molecular complexity index is 475. The highest BCUT2D eigenvalue weighted by molar-refractivity contribution is 5.55. The van der Waals surface area contributed by atoms with Gasteiger partial charge < -0.3 is 10.4 Å². The van der Waals surface area contributed by atoms with Crippen LogP contribution in [-0.2, 0) is 6.18 Å². The molecule has 2 N–H and O–H groups in total. The molecule has 0 fully saturated rings. The summed E-state index contributed by atoms with van der Waals surface area (Å²) < 4.78 is 38.1. The summed E-state index contributed by atoms with van der Waals surface area (Å²) >= 11 is 0. The van der Waals surface area contributed by atoms with Gasteiger partial charge in [0.15, 0.2) is 0 Å². The van der Waals surface area contributed by atoms with E-state index in [0.717, 1.165) is 12.1 Å². The van der Waals surface area contributed by atoms with Crippen molar-refractivity contribution in [3.8, 4) is 0 Å². The van der Waals surface area contributed by atoms with Gasteiger partial charge in [0.05, 0.1) is 4.92 Å². The van der Waals surface area contributed by atoms with Crippen LogP contribution in [0.1, 0.15) is 19.4 Å². The third-order valence-electron chi connectivity index (χ3n) is 2.44. The molecule has 1 unspecified atom stereocenters. The van der Waals surface area contributed by atoms with Crippen LogP contribution in [0.4, 0.5) is 24.5 Å². The molecular weight excluding hydrogens is 265 g/mol. The Balaban J connectivity index is 3.16. The molecule has 0 amide bonds. The Kier molecular flexibility index (Phi) is 4.35. The van der Waals surface area contributed by atoms with E-state index in [2.05, 4.69) is 5.32 Å². The number of halogens is 3. The second-order valence-corrected chi connectivity index (χ2v) is 4.32. The number of aliphatic hydroxyl groups excluding tert-OH is 1. The summed E-state index contributed by atoms with van der Waals surface area (Å²) in [5, 5.41) is 22.5. The molecule has 1 atom stereocenters. The second kappa shape index (κ2) is 5.43. The largest absolute Gasteiger partial charge is 0.423 e. The van der Waals surface area contributed by atoms with Crippen LogP contribution in [0.2, 0.25) is 0 Å². The summed E-state index contributed by atoms with van der Waals surface area (Å²) in [4.78, 5) is 9.45. The van der Waals surface area contributed by atoms with Crippen molar-refractivity contribution in [3.63, 3.8) is 0 Å². The van der Waals surface area contributed by atoms with Crippen molar-refractivity contribution in [2.45, 2.75) is 26.3 Å². The first kappa shape index (κ1) is 15.2. The molecule has 0 heterocycles. The fourth-order valence-electron chi connectivity index (χ4n) is 1.35. The van der Waals surface area contributed by atoms with Crippen molar-refractivity contribution in [2.75, 3.05) is 5.32 Å². The molecule has 0 aliphatic carbocycles. The van der Waals surface area contributed by atoms with Gasteiger partial charge in [0.25, 0.3) is 5.69 Å². The van der Waals surface area contributed by atoms with E-state index in [9.17, 15) is 28.4 Å². The number of anilines is 1. The fraction of sp³-hybridized carbons (Fsp3) is 0.455. The molecule has 1 aromatic carbocycles. The highest BCUT2D eigenvalue weighted by Crippen LogP contribution is 2.37. The minimum atomic E-state index is -4.83. The van der Waals surface area contributed by atoms with E-state index < -0.39 is 28.6 Å². The fourth-order valence-corrected chi connectivity index (χ4v) is 1.35. The molecule has 19 heavy (non-hydrogen) atoms. The number of benzene rings is 1. The molecule has 0 saturated carbocycles. The number of nitro groups is 1. The quantitative estimate of drug-likeness (QED) is 0.504. The van der Waals surface area contributed by atoms with Crippen LogP contribution in [0.5, 0.6) is 0 Å². The Morgan fingerprint density at radius 1 is 1.37 bits per heavy atom. The maximum Gasteiger partial charge on any atom is 0.423 e. The highest BCUT2D eigenvalue weighted by atomic mass is 19.4. The van der Waals surface area contributed by atoms with Gasteiger partial charge in [0.2, 0.25) is 0 Å². The summed E-state index contributed by atoms with van der Waals surface area (Å²) in [5.74, 6) is -0.218. The Morgan fingerprint density at radius 2 is 1.95 bits per heavy atom. The molecule has 0 bridgehead atoms. The van der Waals surface area contributed by atoms with Crippen LogP contribution >= 0.6 is 0 Å². The molecule has 106 valence electrons. The van der Waals surface area contributed by atoms with Crippen molar-refractivity contribution in [3.05, 3.63) is 33.9 Å². The summed E-state index contributed by atoms with van der Waals surface area (Å²) in [6, 6.07) is 2.50. The second-order valence-electron chi connectivity index (χ2n) is 4.32. The zero-order valence-electron chi connectivity index (χ0n) is 10.2. The maximum absolute atomic E-state index is 12.7. The zero-order chi connectivity index (χ0) is 14.8. The lowest BCUT2D eigenvalue weighted by Gasteiger charge is -2.18. The van der Waals surface area contributed by atoms with Crippen LogP contribution in [-0.4, -0.2) is 16.3 Å². The van der Waals surface area contributed by atoms with Crippen molar-refractivity contribution >= 4 is 11.4 Å². The number of hydrogen-bond acceptors (Lipinski definition) is 4. The summed E-state index contributed by atoms with van der Waals surface area (Å²) in [7, 11) is 0. The number of nitrogens with zero attached hydrogens (tertiary/aromatic N) is 1. The Hall–Kier alpha value is -1.83. The van der Waals surface area contributed by atoms with Gasteiger partial charge in [0.1, 0.15) is 11.8 Å². The summed E-state index contributed by atoms with van der Waals surface area (Å²) in [6.07, 6.45) is -5.87. The first-order valence-electron chi connectivity index (χ1n) is 5.43. The van der Waals surface area contributed by atoms with Crippen LogP contribution in [0, 0.1) is 16.0 Å². The first-order chi connectivity index (χ1) is 8.62. The van der Waals surface area contributed by atoms with Crippen LogP contribution < -0.4 is 5.32 Å². The average Bonchev–Trinajstić information content (AvgIpc) is 2.27. The van der Waals surface area contributed by atoms with Crippen molar-refractivity contribution in [2.24, 2.45) is 5.92 Å². The molecule has 8 heteroatoms. The highest BCUT2D eigenvalue weighted by Gasteiger charge is 2.38. The number of hydrogen-bond donors (Lipinski definition) is 2. The van der Waals surface area contributed by atoms with Crippen LogP contribution in [0.3, 0.4) is 0 Å². The standard InChI is InChI=1S/C11H13F3N2O3/c1-6(2)10(17)15-7-3-4-9(16(18)19)8(5-7)11(12,13)14/h3-6,10,15,17H,1-2H3. The molecule has 0 aliphatic heterocycles. The molecule has 0 saturated heterocycles. The number of nitrogens with one attached hydrogen (secondary N) is 1. The SMILES string of the molecule is CC(C)C(O)Nc1ccc([N+](=O)[O-])c(C(F)(F)F)c1. The minimum Gasteiger partial charge on any atom is -0.374 e. The van der Waals surface area contributed by atoms with Gasteiger partial charge in [-0.1, -0.05) is 13.8 Å². The lowest BCUT2D eigenvalue weighted by molar-refractivity contribution is -0.388. The maximum atomic E-state index is 12.7. The molecule has 0 spiro atoms. The molecule has 1 rings (SSSR count). The predicted molar refractivity (Wildman–Crippen MR) is 62.6 cm³/mol. The summed E-state index contributed by atoms with van der Waals surface area (Å²) in [6.45, 7) is 3.35. The van der Waals surface area contributed by atoms with E-state index in [1.165, 1.54) is 0 Å². The molecule has 0 aliphatic rings. The smallest absolute Gasteiger partial charge is 0.374 e. The topological polar surface area (TPSA) is 75.4 Å². The van der Waals surface area contributed by atoms with Crippen molar-refractivity contribution in [1.29, 1.82) is 0 Å². The van der Waals surface area contributed by atoms with Crippen LogP contribution in [0.25, 0.3) is 0 Å². The molecule has 0 aromatic heterocycles. The van der Waals surface area contributed by atoms with Gasteiger partial charge in [-0.15, -0.1) is 0 Å². The van der Waals surface area contributed by atoms with Gasteiger partial charge in [0, 0.05) is 11.8 Å². The first-order valence-corrected chi connectivity index (χ1v) is 5.43. The Labute approximate surface area is 107 Å². The van der Waals surface area contributed by atoms with Gasteiger partial charge in [-0.05, 0) is 18.1 Å². The third-order valence-corrected chi connectivity index (χ3v) is 2.44. The molecule has 1 aromatic rings. The third kappa shape index (κ3) is 3.82. The number of rotatable bonds is 4. The molecule has 0 radical (unpaired) electrons. The lowest BCUT2D eigenvalue weighted by Crippen LogP contribution is -2.25. The van der Waals surface area contributed by atoms with E-state index >= 15 is 0 Å². The predicted octanol–water partition coefficient (Wildman–Crippen LogP) is 3.00. The number of alkyl halides is 3. The lowest BCUT2D eigenvalue weighted by atomic mass is 10.1. The van der Waals surface area contributed by atoms with E-state index in [-0.39, 0.29) is 11.6 Å². The zero-order valence-corrected chi connectivity index (χ0v) is 10.2. The molecular formula is C11H13F3N2O3.